The topological polar surface area (TPSA) is 59.1 Å². The summed E-state index contributed by atoms with van der Waals surface area (Å²) in [5.74, 6) is 1.03. The van der Waals surface area contributed by atoms with Crippen molar-refractivity contribution in [3.05, 3.63) is 34.7 Å². The molecule has 0 atom stereocenters. The second kappa shape index (κ2) is 6.98. The molecule has 0 aliphatic rings. The van der Waals surface area contributed by atoms with Gasteiger partial charge in [-0.05, 0) is 36.8 Å². The van der Waals surface area contributed by atoms with Crippen molar-refractivity contribution < 1.29 is 8.42 Å². The lowest BCUT2D eigenvalue weighted by molar-refractivity contribution is 0.603. The highest BCUT2D eigenvalue weighted by atomic mass is 35.5. The highest BCUT2D eigenvalue weighted by Crippen LogP contribution is 2.33. The predicted molar refractivity (Wildman–Crippen MR) is 101 cm³/mol. The SMILES string of the molecule is CCCSc1nc2ccc(NS(=O)(=O)c3ccc(Cl)s3)cc2s1. The lowest BCUT2D eigenvalue weighted by Gasteiger charge is -2.05. The van der Waals surface area contributed by atoms with Crippen LogP contribution in [0, 0.1) is 0 Å². The maximum absolute atomic E-state index is 12.3. The quantitative estimate of drug-likeness (QED) is 0.565. The van der Waals surface area contributed by atoms with E-state index in [1.165, 1.54) is 6.07 Å². The van der Waals surface area contributed by atoms with Gasteiger partial charge in [0.05, 0.1) is 20.2 Å². The molecule has 9 heteroatoms. The average Bonchev–Trinajstić information content (AvgIpc) is 3.10. The van der Waals surface area contributed by atoms with Gasteiger partial charge in [0.25, 0.3) is 10.0 Å². The van der Waals surface area contributed by atoms with E-state index >= 15 is 0 Å². The van der Waals surface area contributed by atoms with Gasteiger partial charge >= 0.3 is 0 Å². The zero-order valence-electron chi connectivity index (χ0n) is 12.1. The molecule has 2 aromatic heterocycles. The molecular weight excluding hydrogens is 392 g/mol. The van der Waals surface area contributed by atoms with Crippen LogP contribution in [0.15, 0.2) is 38.9 Å². The summed E-state index contributed by atoms with van der Waals surface area (Å²) in [6.07, 6.45) is 1.09. The van der Waals surface area contributed by atoms with Crippen molar-refractivity contribution >= 4 is 72.0 Å². The summed E-state index contributed by atoms with van der Waals surface area (Å²) in [4.78, 5) is 4.54. The molecule has 0 fully saturated rings. The fourth-order valence-corrected chi connectivity index (χ4v) is 6.43. The molecule has 0 aliphatic carbocycles. The Morgan fingerprint density at radius 2 is 2.09 bits per heavy atom. The Balaban J connectivity index is 1.85. The number of nitrogens with zero attached hydrogens (tertiary/aromatic N) is 1. The van der Waals surface area contributed by atoms with E-state index in [9.17, 15) is 8.42 Å². The standard InChI is InChI=1S/C14H13ClN2O2S4/c1-2-7-20-14-16-10-4-3-9(8-11(10)21-14)17-23(18,19)13-6-5-12(15)22-13/h3-6,8,17H,2,7H2,1H3. The van der Waals surface area contributed by atoms with Crippen LogP contribution < -0.4 is 4.72 Å². The first-order valence-corrected chi connectivity index (χ1v) is 11.3. The molecule has 23 heavy (non-hydrogen) atoms. The van der Waals surface area contributed by atoms with Crippen molar-refractivity contribution in [2.75, 3.05) is 10.5 Å². The van der Waals surface area contributed by atoms with Crippen LogP contribution in [0.3, 0.4) is 0 Å². The lowest BCUT2D eigenvalue weighted by Crippen LogP contribution is -2.11. The highest BCUT2D eigenvalue weighted by Gasteiger charge is 2.17. The Kier molecular flexibility index (Phi) is 5.17. The molecule has 0 radical (unpaired) electrons. The summed E-state index contributed by atoms with van der Waals surface area (Å²) in [5, 5.41) is 0. The third kappa shape index (κ3) is 4.00. The van der Waals surface area contributed by atoms with Crippen LogP contribution >= 0.6 is 46.0 Å². The molecule has 0 spiro atoms. The summed E-state index contributed by atoms with van der Waals surface area (Å²) in [5.41, 5.74) is 1.41. The first kappa shape index (κ1) is 17.0. The van der Waals surface area contributed by atoms with Gasteiger partial charge < -0.3 is 0 Å². The molecule has 2 heterocycles. The Hall–Kier alpha value is -0.800. The van der Waals surface area contributed by atoms with E-state index < -0.39 is 10.0 Å². The molecule has 0 saturated carbocycles. The van der Waals surface area contributed by atoms with E-state index in [1.54, 1.807) is 35.2 Å². The van der Waals surface area contributed by atoms with Crippen LogP contribution in [0.2, 0.25) is 4.34 Å². The van der Waals surface area contributed by atoms with Gasteiger partial charge in [-0.15, -0.1) is 22.7 Å². The first-order chi connectivity index (χ1) is 11.0. The van der Waals surface area contributed by atoms with Crippen molar-refractivity contribution in [2.24, 2.45) is 0 Å². The van der Waals surface area contributed by atoms with Gasteiger partial charge in [-0.3, -0.25) is 4.72 Å². The van der Waals surface area contributed by atoms with Gasteiger partial charge in [0, 0.05) is 5.75 Å². The predicted octanol–water partition coefficient (Wildman–Crippen LogP) is 5.31. The molecule has 122 valence electrons. The van der Waals surface area contributed by atoms with Crippen LogP contribution in [0.4, 0.5) is 5.69 Å². The van der Waals surface area contributed by atoms with Crippen LogP contribution in [-0.4, -0.2) is 19.2 Å². The van der Waals surface area contributed by atoms with E-state index in [-0.39, 0.29) is 4.21 Å². The minimum Gasteiger partial charge on any atom is -0.279 e. The van der Waals surface area contributed by atoms with Crippen molar-refractivity contribution in [1.29, 1.82) is 0 Å². The Morgan fingerprint density at radius 1 is 1.26 bits per heavy atom. The number of fused-ring (bicyclic) bond motifs is 1. The lowest BCUT2D eigenvalue weighted by atomic mass is 10.3. The van der Waals surface area contributed by atoms with Gasteiger partial charge in [-0.1, -0.05) is 30.3 Å². The van der Waals surface area contributed by atoms with Crippen LogP contribution in [0.1, 0.15) is 13.3 Å². The van der Waals surface area contributed by atoms with Gasteiger partial charge in [0.15, 0.2) is 4.34 Å². The number of sulfonamides is 1. The second-order valence-corrected chi connectivity index (χ2v) is 10.7. The number of nitrogens with one attached hydrogen (secondary N) is 1. The molecular formula is C14H13ClN2O2S4. The molecule has 0 saturated heterocycles. The maximum atomic E-state index is 12.3. The van der Waals surface area contributed by atoms with E-state index in [2.05, 4.69) is 16.6 Å². The number of anilines is 1. The summed E-state index contributed by atoms with van der Waals surface area (Å²) in [6.45, 7) is 2.13. The fourth-order valence-electron chi connectivity index (χ4n) is 1.87. The summed E-state index contributed by atoms with van der Waals surface area (Å²) in [6, 6.07) is 8.45. The number of thioether (sulfide) groups is 1. The number of benzene rings is 1. The molecule has 3 rings (SSSR count). The highest BCUT2D eigenvalue weighted by molar-refractivity contribution is 8.01. The summed E-state index contributed by atoms with van der Waals surface area (Å²) < 4.78 is 29.8. The zero-order chi connectivity index (χ0) is 16.4. The molecule has 0 bridgehead atoms. The van der Waals surface area contributed by atoms with Crippen molar-refractivity contribution in [3.63, 3.8) is 0 Å². The second-order valence-electron chi connectivity index (χ2n) is 4.67. The van der Waals surface area contributed by atoms with Crippen LogP contribution in [0.25, 0.3) is 10.2 Å². The molecule has 1 N–H and O–H groups in total. The maximum Gasteiger partial charge on any atom is 0.271 e. The van der Waals surface area contributed by atoms with Gasteiger partial charge in [-0.25, -0.2) is 13.4 Å². The van der Waals surface area contributed by atoms with E-state index in [0.29, 0.717) is 10.0 Å². The average molecular weight is 405 g/mol. The van der Waals surface area contributed by atoms with E-state index in [4.69, 9.17) is 11.6 Å². The molecule has 0 aliphatic heterocycles. The van der Waals surface area contributed by atoms with E-state index in [1.807, 2.05) is 12.1 Å². The smallest absolute Gasteiger partial charge is 0.271 e. The van der Waals surface area contributed by atoms with Gasteiger partial charge in [0.1, 0.15) is 4.21 Å². The van der Waals surface area contributed by atoms with Gasteiger partial charge in [-0.2, -0.15) is 0 Å². The normalized spacial score (nSPS) is 11.9. The first-order valence-electron chi connectivity index (χ1n) is 6.79. The Labute approximate surface area is 152 Å². The number of thiazole rings is 1. The number of thiophene rings is 1. The van der Waals surface area contributed by atoms with Gasteiger partial charge in [0.2, 0.25) is 0 Å². The number of hydrogen-bond acceptors (Lipinski definition) is 6. The number of aromatic nitrogens is 1. The van der Waals surface area contributed by atoms with E-state index in [0.717, 1.165) is 38.1 Å². The van der Waals surface area contributed by atoms with Crippen molar-refractivity contribution in [3.8, 4) is 0 Å². The van der Waals surface area contributed by atoms with Crippen LogP contribution in [-0.2, 0) is 10.0 Å². The monoisotopic (exact) mass is 404 g/mol. The molecule has 3 aromatic rings. The largest absolute Gasteiger partial charge is 0.279 e. The van der Waals surface area contributed by atoms with Crippen molar-refractivity contribution in [2.45, 2.75) is 21.9 Å². The summed E-state index contributed by atoms with van der Waals surface area (Å²) >= 11 is 10.1. The van der Waals surface area contributed by atoms with Crippen LogP contribution in [0.5, 0.6) is 0 Å². The minimum atomic E-state index is -3.61. The number of halogens is 1. The number of rotatable bonds is 6. The molecule has 0 amide bonds. The Morgan fingerprint density at radius 3 is 2.78 bits per heavy atom. The molecule has 1 aromatic carbocycles. The zero-order valence-corrected chi connectivity index (χ0v) is 16.1. The molecule has 4 nitrogen and oxygen atoms in total. The summed E-state index contributed by atoms with van der Waals surface area (Å²) in [7, 11) is -3.61. The third-order valence-electron chi connectivity index (χ3n) is 2.86. The third-order valence-corrected chi connectivity index (χ3v) is 8.34. The Bertz CT molecular complexity index is 933. The van der Waals surface area contributed by atoms with Crippen molar-refractivity contribution in [1.82, 2.24) is 4.98 Å². The molecule has 0 unspecified atom stereocenters. The fraction of sp³-hybridized carbons (Fsp3) is 0.214. The number of hydrogen-bond donors (Lipinski definition) is 1. The minimum absolute atomic E-state index is 0.200.